The predicted molar refractivity (Wildman–Crippen MR) is 101 cm³/mol. The third-order valence-corrected chi connectivity index (χ3v) is 4.11. The lowest BCUT2D eigenvalue weighted by Gasteiger charge is -2.15. The molecule has 0 radical (unpaired) electrons. The molecule has 0 bridgehead atoms. The second-order valence-electron chi connectivity index (χ2n) is 5.97. The van der Waals surface area contributed by atoms with Crippen molar-refractivity contribution < 1.29 is 9.47 Å². The van der Waals surface area contributed by atoms with Crippen LogP contribution in [0.25, 0.3) is 0 Å². The van der Waals surface area contributed by atoms with Crippen molar-refractivity contribution >= 4 is 35.0 Å². The van der Waals surface area contributed by atoms with E-state index in [2.05, 4.69) is 20.2 Å². The molecule has 2 heterocycles. The van der Waals surface area contributed by atoms with Gasteiger partial charge in [-0.1, -0.05) is 11.6 Å². The number of benzene rings is 1. The van der Waals surface area contributed by atoms with E-state index in [9.17, 15) is 0 Å². The van der Waals surface area contributed by atoms with Crippen LogP contribution in [-0.4, -0.2) is 50.5 Å². The minimum Gasteiger partial charge on any atom is -0.493 e. The first-order valence-electron chi connectivity index (χ1n) is 8.03. The summed E-state index contributed by atoms with van der Waals surface area (Å²) in [6.45, 7) is 1.58. The molecule has 6 nitrogen and oxygen atoms in total. The Morgan fingerprint density at radius 3 is 2.84 bits per heavy atom. The first kappa shape index (κ1) is 17.5. The number of nitrogens with one attached hydrogen (secondary N) is 1. The minimum atomic E-state index is 0.550. The number of halogens is 1. The summed E-state index contributed by atoms with van der Waals surface area (Å²) in [4.78, 5) is 10.9. The van der Waals surface area contributed by atoms with E-state index in [0.717, 1.165) is 24.2 Å². The predicted octanol–water partition coefficient (Wildman–Crippen LogP) is 3.88. The molecule has 0 atom stereocenters. The van der Waals surface area contributed by atoms with Crippen molar-refractivity contribution in [3.63, 3.8) is 0 Å². The van der Waals surface area contributed by atoms with Crippen LogP contribution in [0.4, 0.5) is 17.2 Å². The van der Waals surface area contributed by atoms with Crippen LogP contribution in [-0.2, 0) is 0 Å². The Morgan fingerprint density at radius 1 is 1.24 bits per heavy atom. The van der Waals surface area contributed by atoms with E-state index in [0.29, 0.717) is 34.6 Å². The van der Waals surface area contributed by atoms with Crippen LogP contribution in [0, 0.1) is 0 Å². The highest BCUT2D eigenvalue weighted by Gasteiger charge is 2.17. The molecule has 0 aliphatic carbocycles. The molecule has 0 spiro atoms. The number of aromatic nitrogens is 1. The largest absolute Gasteiger partial charge is 0.493 e. The van der Waals surface area contributed by atoms with Crippen molar-refractivity contribution in [2.75, 3.05) is 39.7 Å². The summed E-state index contributed by atoms with van der Waals surface area (Å²) in [5.74, 6) is 1.97. The Morgan fingerprint density at radius 2 is 2.08 bits per heavy atom. The second kappa shape index (κ2) is 7.72. The molecule has 3 rings (SSSR count). The van der Waals surface area contributed by atoms with E-state index in [1.807, 2.05) is 26.2 Å². The molecule has 1 aliphatic heterocycles. The van der Waals surface area contributed by atoms with E-state index in [-0.39, 0.29) is 0 Å². The third-order valence-electron chi connectivity index (χ3n) is 3.80. The number of hydrogen-bond acceptors (Lipinski definition) is 6. The highest BCUT2D eigenvalue weighted by molar-refractivity contribution is 6.33. The van der Waals surface area contributed by atoms with Gasteiger partial charge in [-0.2, -0.15) is 0 Å². The van der Waals surface area contributed by atoms with Crippen LogP contribution in [0.1, 0.15) is 12.0 Å². The van der Waals surface area contributed by atoms with Gasteiger partial charge in [0, 0.05) is 30.6 Å². The number of hydrogen-bond donors (Lipinski definition) is 1. The number of rotatable bonds is 6. The van der Waals surface area contributed by atoms with E-state index < -0.39 is 0 Å². The van der Waals surface area contributed by atoms with E-state index >= 15 is 0 Å². The standard InChI is InChI=1S/C18H21ClN4O2/c1-23(2)7-4-8-25-16-10-14-12(9-15(16)24-3)11-21-17-13(19)5-6-20-18(17)22-14/h5-6,9-11H,4,7-8H2,1-3H3,(H,20,22). The van der Waals surface area contributed by atoms with Crippen LogP contribution in [0.15, 0.2) is 29.4 Å². The second-order valence-corrected chi connectivity index (χ2v) is 6.38. The summed E-state index contributed by atoms with van der Waals surface area (Å²) in [5.41, 5.74) is 2.35. The number of aliphatic imine (C=N–C) groups is 1. The molecule has 1 aromatic carbocycles. The molecule has 25 heavy (non-hydrogen) atoms. The van der Waals surface area contributed by atoms with Crippen LogP contribution >= 0.6 is 11.6 Å². The summed E-state index contributed by atoms with van der Waals surface area (Å²) >= 11 is 6.21. The Labute approximate surface area is 152 Å². The number of anilines is 2. The fourth-order valence-corrected chi connectivity index (χ4v) is 2.73. The summed E-state index contributed by atoms with van der Waals surface area (Å²) in [7, 11) is 5.71. The lowest BCUT2D eigenvalue weighted by atomic mass is 10.1. The van der Waals surface area contributed by atoms with Crippen LogP contribution in [0.3, 0.4) is 0 Å². The van der Waals surface area contributed by atoms with Gasteiger partial charge in [0.25, 0.3) is 0 Å². The Hall–Kier alpha value is -2.31. The molecule has 1 N–H and O–H groups in total. The quantitative estimate of drug-likeness (QED) is 0.676. The number of nitrogens with zero attached hydrogens (tertiary/aromatic N) is 3. The highest BCUT2D eigenvalue weighted by Crippen LogP contribution is 2.39. The van der Waals surface area contributed by atoms with Gasteiger partial charge in [0.1, 0.15) is 5.69 Å². The zero-order valence-electron chi connectivity index (χ0n) is 14.5. The highest BCUT2D eigenvalue weighted by atomic mass is 35.5. The number of fused-ring (bicyclic) bond motifs is 2. The van der Waals surface area contributed by atoms with Gasteiger partial charge >= 0.3 is 0 Å². The maximum absolute atomic E-state index is 6.21. The van der Waals surface area contributed by atoms with Gasteiger partial charge in [-0.3, -0.25) is 4.99 Å². The van der Waals surface area contributed by atoms with Gasteiger partial charge in [-0.15, -0.1) is 0 Å². The third kappa shape index (κ3) is 4.03. The molecular formula is C18H21ClN4O2. The maximum atomic E-state index is 6.21. The van der Waals surface area contributed by atoms with Crippen LogP contribution in [0.2, 0.25) is 5.02 Å². The molecule has 0 saturated carbocycles. The molecule has 0 saturated heterocycles. The molecule has 0 fully saturated rings. The van der Waals surface area contributed by atoms with Crippen molar-refractivity contribution in [2.24, 2.45) is 4.99 Å². The molecular weight excluding hydrogens is 340 g/mol. The maximum Gasteiger partial charge on any atom is 0.163 e. The fourth-order valence-electron chi connectivity index (χ4n) is 2.53. The van der Waals surface area contributed by atoms with Gasteiger partial charge in [-0.05, 0) is 32.6 Å². The smallest absolute Gasteiger partial charge is 0.163 e. The van der Waals surface area contributed by atoms with Crippen molar-refractivity contribution in [1.29, 1.82) is 0 Å². The average molecular weight is 361 g/mol. The summed E-state index contributed by atoms with van der Waals surface area (Å²) in [5, 5.41) is 3.83. The molecule has 2 aromatic rings. The van der Waals surface area contributed by atoms with Gasteiger partial charge in [0.05, 0.1) is 24.4 Å². The first-order valence-corrected chi connectivity index (χ1v) is 8.41. The minimum absolute atomic E-state index is 0.550. The number of pyridine rings is 1. The van der Waals surface area contributed by atoms with Gasteiger partial charge < -0.3 is 19.7 Å². The van der Waals surface area contributed by atoms with Crippen molar-refractivity contribution in [3.05, 3.63) is 35.0 Å². The zero-order chi connectivity index (χ0) is 17.8. The normalized spacial score (nSPS) is 12.2. The van der Waals surface area contributed by atoms with Gasteiger partial charge in [-0.25, -0.2) is 4.98 Å². The van der Waals surface area contributed by atoms with Gasteiger partial charge in [0.2, 0.25) is 0 Å². The topological polar surface area (TPSA) is 59.0 Å². The summed E-state index contributed by atoms with van der Waals surface area (Å²) in [6.07, 6.45) is 4.33. The molecule has 7 heteroatoms. The summed E-state index contributed by atoms with van der Waals surface area (Å²) in [6, 6.07) is 5.52. The fraction of sp³-hybridized carbons (Fsp3) is 0.333. The SMILES string of the molecule is COc1cc2c(cc1OCCCN(C)C)Nc1nccc(Cl)c1N=C2. The molecule has 1 aromatic heterocycles. The molecule has 132 valence electrons. The first-order chi connectivity index (χ1) is 12.1. The Balaban J connectivity index is 1.87. The van der Waals surface area contributed by atoms with E-state index in [1.54, 1.807) is 25.6 Å². The number of ether oxygens (including phenoxy) is 2. The van der Waals surface area contributed by atoms with Crippen LogP contribution < -0.4 is 14.8 Å². The van der Waals surface area contributed by atoms with E-state index in [4.69, 9.17) is 21.1 Å². The van der Waals surface area contributed by atoms with Gasteiger partial charge in [0.15, 0.2) is 17.3 Å². The van der Waals surface area contributed by atoms with Crippen molar-refractivity contribution in [1.82, 2.24) is 9.88 Å². The number of methoxy groups -OCH3 is 1. The average Bonchev–Trinajstić information content (AvgIpc) is 2.77. The monoisotopic (exact) mass is 360 g/mol. The lowest BCUT2D eigenvalue weighted by Crippen LogP contribution is -2.15. The Bertz CT molecular complexity index is 793. The molecule has 1 aliphatic rings. The van der Waals surface area contributed by atoms with Crippen molar-refractivity contribution in [3.8, 4) is 11.5 Å². The van der Waals surface area contributed by atoms with E-state index in [1.165, 1.54) is 0 Å². The molecule has 0 unspecified atom stereocenters. The zero-order valence-corrected chi connectivity index (χ0v) is 15.3. The van der Waals surface area contributed by atoms with Crippen molar-refractivity contribution in [2.45, 2.75) is 6.42 Å². The molecule has 0 amide bonds. The summed E-state index contributed by atoms with van der Waals surface area (Å²) < 4.78 is 11.4. The Kier molecular flexibility index (Phi) is 5.40. The van der Waals surface area contributed by atoms with Crippen LogP contribution in [0.5, 0.6) is 11.5 Å². The lowest BCUT2D eigenvalue weighted by molar-refractivity contribution is 0.268.